The van der Waals surface area contributed by atoms with Crippen LogP contribution >= 0.6 is 0 Å². The van der Waals surface area contributed by atoms with Crippen molar-refractivity contribution in [1.29, 1.82) is 0 Å². The van der Waals surface area contributed by atoms with Crippen molar-refractivity contribution in [3.8, 4) is 0 Å². The molecule has 6 heteroatoms. The topological polar surface area (TPSA) is 75.7 Å². The molecule has 2 aromatic carbocycles. The highest BCUT2D eigenvalue weighted by Crippen LogP contribution is 2.22. The van der Waals surface area contributed by atoms with E-state index in [0.717, 1.165) is 5.56 Å². The Hall–Kier alpha value is -3.15. The van der Waals surface area contributed by atoms with Crippen molar-refractivity contribution in [3.63, 3.8) is 0 Å². The molecule has 3 rings (SSSR count). The van der Waals surface area contributed by atoms with Crippen molar-refractivity contribution < 1.29 is 19.1 Å². The summed E-state index contributed by atoms with van der Waals surface area (Å²) in [6, 6.07) is 16.3. The molecule has 0 radical (unpaired) electrons. The first-order chi connectivity index (χ1) is 13.4. The van der Waals surface area contributed by atoms with Crippen LogP contribution in [0, 0.1) is 5.92 Å². The number of nitrogens with one attached hydrogen (secondary N) is 1. The van der Waals surface area contributed by atoms with Crippen molar-refractivity contribution in [3.05, 3.63) is 65.7 Å². The van der Waals surface area contributed by atoms with Gasteiger partial charge in [-0.05, 0) is 43.7 Å². The fraction of sp³-hybridized carbons (Fsp3) is 0.318. The van der Waals surface area contributed by atoms with E-state index in [9.17, 15) is 14.4 Å². The van der Waals surface area contributed by atoms with Crippen molar-refractivity contribution >= 4 is 23.5 Å². The zero-order chi connectivity index (χ0) is 20.1. The number of nitrogens with zero attached hydrogens (tertiary/aromatic N) is 1. The van der Waals surface area contributed by atoms with Crippen LogP contribution in [-0.4, -0.2) is 35.3 Å². The first-order valence-corrected chi connectivity index (χ1v) is 9.36. The van der Waals surface area contributed by atoms with Gasteiger partial charge in [-0.25, -0.2) is 4.79 Å². The Bertz CT molecular complexity index is 847. The van der Waals surface area contributed by atoms with Gasteiger partial charge in [0.15, 0.2) is 0 Å². The maximum absolute atomic E-state index is 12.5. The van der Waals surface area contributed by atoms with E-state index in [0.29, 0.717) is 24.3 Å². The Morgan fingerprint density at radius 3 is 2.43 bits per heavy atom. The number of carbonyl (C=O) groups excluding carboxylic acids is 3. The van der Waals surface area contributed by atoms with Crippen LogP contribution < -0.4 is 5.32 Å². The van der Waals surface area contributed by atoms with Gasteiger partial charge >= 0.3 is 5.97 Å². The molecule has 1 aliphatic heterocycles. The third-order valence-electron chi connectivity index (χ3n) is 4.53. The minimum absolute atomic E-state index is 0.0178. The van der Waals surface area contributed by atoms with Crippen LogP contribution in [0.1, 0.15) is 36.2 Å². The van der Waals surface area contributed by atoms with Gasteiger partial charge in [-0.3, -0.25) is 9.59 Å². The number of ether oxygens (including phenoxy) is 1. The number of hydrogen-bond donors (Lipinski definition) is 1. The molecule has 0 bridgehead atoms. The molecule has 0 aliphatic carbocycles. The van der Waals surface area contributed by atoms with Gasteiger partial charge in [0.1, 0.15) is 0 Å². The van der Waals surface area contributed by atoms with Crippen molar-refractivity contribution in [2.45, 2.75) is 32.9 Å². The Kier molecular flexibility index (Phi) is 6.09. The second kappa shape index (κ2) is 8.69. The summed E-state index contributed by atoms with van der Waals surface area (Å²) in [6.07, 6.45) is 0.0166. The average Bonchev–Trinajstić information content (AvgIpc) is 3.03. The summed E-state index contributed by atoms with van der Waals surface area (Å²) in [5, 5.41) is 2.83. The van der Waals surface area contributed by atoms with Crippen molar-refractivity contribution in [2.24, 2.45) is 5.92 Å². The number of anilines is 1. The van der Waals surface area contributed by atoms with E-state index in [1.54, 1.807) is 43.0 Å². The highest BCUT2D eigenvalue weighted by atomic mass is 16.5. The SMILES string of the molecule is CC(C)OC(=O)c1ccc(NC(=O)[C@H]2CC(=O)N(Cc3ccccc3)C2)cc1. The highest BCUT2D eigenvalue weighted by Gasteiger charge is 2.34. The Labute approximate surface area is 164 Å². The first-order valence-electron chi connectivity index (χ1n) is 9.36. The van der Waals surface area contributed by atoms with E-state index < -0.39 is 5.97 Å². The van der Waals surface area contributed by atoms with Gasteiger partial charge in [0.05, 0.1) is 17.6 Å². The quantitative estimate of drug-likeness (QED) is 0.781. The van der Waals surface area contributed by atoms with Gasteiger partial charge in [0.2, 0.25) is 11.8 Å². The molecule has 1 atom stereocenters. The van der Waals surface area contributed by atoms with Crippen molar-refractivity contribution in [2.75, 3.05) is 11.9 Å². The van der Waals surface area contributed by atoms with Gasteiger partial charge < -0.3 is 15.0 Å². The van der Waals surface area contributed by atoms with Gasteiger partial charge in [-0.15, -0.1) is 0 Å². The molecule has 2 aromatic rings. The van der Waals surface area contributed by atoms with Crippen molar-refractivity contribution in [1.82, 2.24) is 4.90 Å². The summed E-state index contributed by atoms with van der Waals surface area (Å²) in [6.45, 7) is 4.49. The van der Waals surface area contributed by atoms with Gasteiger partial charge in [0.25, 0.3) is 0 Å². The number of benzene rings is 2. The molecule has 6 nitrogen and oxygen atoms in total. The molecular formula is C22H24N2O4. The predicted molar refractivity (Wildman–Crippen MR) is 106 cm³/mol. The molecular weight excluding hydrogens is 356 g/mol. The molecule has 0 spiro atoms. The molecule has 1 heterocycles. The molecule has 1 fully saturated rings. The average molecular weight is 380 g/mol. The lowest BCUT2D eigenvalue weighted by Crippen LogP contribution is -2.28. The van der Waals surface area contributed by atoms with Crippen LogP contribution in [0.15, 0.2) is 54.6 Å². The third-order valence-corrected chi connectivity index (χ3v) is 4.53. The van der Waals surface area contributed by atoms with Gasteiger partial charge in [-0.2, -0.15) is 0 Å². The van der Waals surface area contributed by atoms with E-state index in [1.807, 2.05) is 30.3 Å². The largest absolute Gasteiger partial charge is 0.459 e. The van der Waals surface area contributed by atoms with E-state index in [4.69, 9.17) is 4.74 Å². The summed E-state index contributed by atoms with van der Waals surface area (Å²) < 4.78 is 5.14. The fourth-order valence-electron chi connectivity index (χ4n) is 3.12. The smallest absolute Gasteiger partial charge is 0.338 e. The molecule has 2 amide bonds. The van der Waals surface area contributed by atoms with E-state index in [-0.39, 0.29) is 30.3 Å². The lowest BCUT2D eigenvalue weighted by atomic mass is 10.1. The zero-order valence-electron chi connectivity index (χ0n) is 16.1. The second-order valence-electron chi connectivity index (χ2n) is 7.18. The summed E-state index contributed by atoms with van der Waals surface area (Å²) in [5.74, 6) is -0.996. The van der Waals surface area contributed by atoms with Gasteiger partial charge in [-0.1, -0.05) is 30.3 Å². The first kappa shape index (κ1) is 19.6. The number of amides is 2. The molecule has 1 saturated heterocycles. The van der Waals surface area contributed by atoms with Crippen LogP contribution in [0.4, 0.5) is 5.69 Å². The van der Waals surface area contributed by atoms with Gasteiger partial charge in [0, 0.05) is 25.2 Å². The monoisotopic (exact) mass is 380 g/mol. The lowest BCUT2D eigenvalue weighted by Gasteiger charge is -2.16. The maximum Gasteiger partial charge on any atom is 0.338 e. The fourth-order valence-corrected chi connectivity index (χ4v) is 3.12. The standard InChI is InChI=1S/C22H24N2O4/c1-15(2)28-22(27)17-8-10-19(11-9-17)23-21(26)18-12-20(25)24(14-18)13-16-6-4-3-5-7-16/h3-11,15,18H,12-14H2,1-2H3,(H,23,26)/t18-/m0/s1. The number of rotatable bonds is 6. The van der Waals surface area contributed by atoms with E-state index in [1.165, 1.54) is 0 Å². The van der Waals surface area contributed by atoms with E-state index >= 15 is 0 Å². The lowest BCUT2D eigenvalue weighted by molar-refractivity contribution is -0.128. The molecule has 0 unspecified atom stereocenters. The summed E-state index contributed by atoms with van der Waals surface area (Å²) in [4.78, 5) is 38.4. The van der Waals surface area contributed by atoms with Crippen LogP contribution in [-0.2, 0) is 20.9 Å². The minimum Gasteiger partial charge on any atom is -0.459 e. The molecule has 28 heavy (non-hydrogen) atoms. The second-order valence-corrected chi connectivity index (χ2v) is 7.18. The van der Waals surface area contributed by atoms with Crippen LogP contribution in [0.5, 0.6) is 0 Å². The summed E-state index contributed by atoms with van der Waals surface area (Å²) >= 11 is 0. The summed E-state index contributed by atoms with van der Waals surface area (Å²) in [5.41, 5.74) is 2.05. The number of likely N-dealkylation sites (tertiary alicyclic amines) is 1. The minimum atomic E-state index is -0.397. The van der Waals surface area contributed by atoms with Crippen LogP contribution in [0.25, 0.3) is 0 Å². The molecule has 0 aromatic heterocycles. The Balaban J connectivity index is 1.56. The third kappa shape index (κ3) is 4.97. The number of carbonyl (C=O) groups is 3. The Morgan fingerprint density at radius 1 is 1.11 bits per heavy atom. The molecule has 146 valence electrons. The molecule has 1 aliphatic rings. The highest BCUT2D eigenvalue weighted by molar-refractivity contribution is 5.97. The zero-order valence-corrected chi connectivity index (χ0v) is 16.1. The number of esters is 1. The molecule has 0 saturated carbocycles. The van der Waals surface area contributed by atoms with E-state index in [2.05, 4.69) is 5.32 Å². The summed E-state index contributed by atoms with van der Waals surface area (Å²) in [7, 11) is 0. The molecule has 1 N–H and O–H groups in total. The predicted octanol–water partition coefficient (Wildman–Crippen LogP) is 3.24. The Morgan fingerprint density at radius 2 is 1.79 bits per heavy atom. The maximum atomic E-state index is 12.5. The normalized spacial score (nSPS) is 16.3. The number of hydrogen-bond acceptors (Lipinski definition) is 4. The van der Waals surface area contributed by atoms with Crippen LogP contribution in [0.2, 0.25) is 0 Å². The van der Waals surface area contributed by atoms with Crippen LogP contribution in [0.3, 0.4) is 0 Å².